The molecule has 150 valence electrons. The SMILES string of the molecule is CCCc1nnc2n1N[C@@H](c1ccc(Cl)cc1)[C@H](C(=O)Nc1cccc(C)c1)S2. The predicted molar refractivity (Wildman–Crippen MR) is 117 cm³/mol. The minimum atomic E-state index is -0.414. The van der Waals surface area contributed by atoms with Crippen LogP contribution in [0.25, 0.3) is 0 Å². The molecule has 3 aromatic rings. The number of nitrogens with one attached hydrogen (secondary N) is 2. The minimum absolute atomic E-state index is 0.0839. The molecule has 0 aliphatic carbocycles. The van der Waals surface area contributed by atoms with Crippen LogP contribution < -0.4 is 10.7 Å². The van der Waals surface area contributed by atoms with Crippen LogP contribution in [-0.2, 0) is 11.2 Å². The topological polar surface area (TPSA) is 71.8 Å². The summed E-state index contributed by atoms with van der Waals surface area (Å²) in [5, 5.41) is 12.6. The normalized spacial score (nSPS) is 18.0. The Balaban J connectivity index is 1.66. The van der Waals surface area contributed by atoms with E-state index in [0.717, 1.165) is 35.5 Å². The zero-order valence-corrected chi connectivity index (χ0v) is 17.8. The van der Waals surface area contributed by atoms with Crippen LogP contribution in [0, 0.1) is 6.92 Å². The van der Waals surface area contributed by atoms with Gasteiger partial charge in [0.25, 0.3) is 0 Å². The van der Waals surface area contributed by atoms with Gasteiger partial charge in [0.15, 0.2) is 5.82 Å². The van der Waals surface area contributed by atoms with Crippen molar-refractivity contribution in [3.63, 3.8) is 0 Å². The van der Waals surface area contributed by atoms with E-state index in [0.29, 0.717) is 10.2 Å². The number of fused-ring (bicyclic) bond motifs is 1. The Bertz CT molecular complexity index is 1020. The molecule has 0 radical (unpaired) electrons. The smallest absolute Gasteiger partial charge is 0.240 e. The van der Waals surface area contributed by atoms with Crippen LogP contribution in [0.1, 0.15) is 36.3 Å². The van der Waals surface area contributed by atoms with Crippen LogP contribution in [0.3, 0.4) is 0 Å². The third-order valence-electron chi connectivity index (χ3n) is 4.75. The molecule has 0 bridgehead atoms. The highest BCUT2D eigenvalue weighted by Gasteiger charge is 2.37. The van der Waals surface area contributed by atoms with Gasteiger partial charge in [-0.05, 0) is 48.7 Å². The van der Waals surface area contributed by atoms with Gasteiger partial charge in [-0.3, -0.25) is 4.79 Å². The first-order valence-corrected chi connectivity index (χ1v) is 10.8. The van der Waals surface area contributed by atoms with Crippen molar-refractivity contribution in [3.8, 4) is 0 Å². The van der Waals surface area contributed by atoms with Crippen LogP contribution in [0.5, 0.6) is 0 Å². The van der Waals surface area contributed by atoms with Crippen molar-refractivity contribution in [3.05, 3.63) is 70.5 Å². The van der Waals surface area contributed by atoms with Crippen molar-refractivity contribution in [2.24, 2.45) is 0 Å². The number of benzene rings is 2. The van der Waals surface area contributed by atoms with E-state index >= 15 is 0 Å². The number of nitrogens with zero attached hydrogens (tertiary/aromatic N) is 3. The number of carbonyl (C=O) groups excluding carboxylic acids is 1. The lowest BCUT2D eigenvalue weighted by molar-refractivity contribution is -0.116. The van der Waals surface area contributed by atoms with Crippen LogP contribution in [0.4, 0.5) is 5.69 Å². The average Bonchev–Trinajstić information content (AvgIpc) is 3.10. The molecular formula is C21H22ClN5OS. The lowest BCUT2D eigenvalue weighted by atomic mass is 10.0. The third-order valence-corrected chi connectivity index (χ3v) is 6.22. The molecule has 4 rings (SSSR count). The largest absolute Gasteiger partial charge is 0.325 e. The minimum Gasteiger partial charge on any atom is -0.325 e. The number of halogens is 1. The first-order valence-electron chi connectivity index (χ1n) is 9.55. The van der Waals surface area contributed by atoms with Crippen molar-refractivity contribution < 1.29 is 4.79 Å². The quantitative estimate of drug-likeness (QED) is 0.623. The van der Waals surface area contributed by atoms with Crippen LogP contribution in [0.15, 0.2) is 53.7 Å². The fourth-order valence-corrected chi connectivity index (χ4v) is 4.57. The van der Waals surface area contributed by atoms with E-state index in [-0.39, 0.29) is 11.9 Å². The summed E-state index contributed by atoms with van der Waals surface area (Å²) in [5.74, 6) is 0.783. The number of aryl methyl sites for hydroxylation is 2. The Kier molecular flexibility index (Phi) is 5.78. The highest BCUT2D eigenvalue weighted by atomic mass is 35.5. The predicted octanol–water partition coefficient (Wildman–Crippen LogP) is 4.59. The van der Waals surface area contributed by atoms with Gasteiger partial charge in [-0.15, -0.1) is 10.2 Å². The maximum Gasteiger partial charge on any atom is 0.240 e. The molecule has 0 saturated heterocycles. The number of hydrogen-bond donors (Lipinski definition) is 2. The standard InChI is InChI=1S/C21H22ClN5OS/c1-3-5-17-24-25-21-27(17)26-18(14-8-10-15(22)11-9-14)19(29-21)20(28)23-16-7-4-6-13(2)12-16/h4,6-12,18-19,26H,3,5H2,1-2H3,(H,23,28)/t18-,19+/m0/s1. The van der Waals surface area contributed by atoms with E-state index in [1.165, 1.54) is 11.8 Å². The van der Waals surface area contributed by atoms with Crippen molar-refractivity contribution in [1.29, 1.82) is 0 Å². The summed E-state index contributed by atoms with van der Waals surface area (Å²) in [6.45, 7) is 4.10. The van der Waals surface area contributed by atoms with E-state index in [2.05, 4.69) is 27.9 Å². The molecule has 0 spiro atoms. The van der Waals surface area contributed by atoms with Gasteiger partial charge < -0.3 is 10.7 Å². The molecule has 2 N–H and O–H groups in total. The van der Waals surface area contributed by atoms with Crippen molar-refractivity contribution >= 4 is 35.0 Å². The summed E-state index contributed by atoms with van der Waals surface area (Å²) in [6.07, 6.45) is 1.78. The molecule has 2 atom stereocenters. The molecule has 2 aromatic carbocycles. The molecule has 0 saturated carbocycles. The molecule has 1 aliphatic heterocycles. The van der Waals surface area contributed by atoms with Gasteiger partial charge in [-0.2, -0.15) is 0 Å². The molecule has 6 nitrogen and oxygen atoms in total. The molecule has 0 fully saturated rings. The molecule has 29 heavy (non-hydrogen) atoms. The Morgan fingerprint density at radius 1 is 1.24 bits per heavy atom. The summed E-state index contributed by atoms with van der Waals surface area (Å²) in [4.78, 5) is 13.2. The zero-order chi connectivity index (χ0) is 20.4. The second-order valence-corrected chi connectivity index (χ2v) is 8.58. The summed E-state index contributed by atoms with van der Waals surface area (Å²) in [6, 6.07) is 15.1. The van der Waals surface area contributed by atoms with E-state index in [1.807, 2.05) is 60.1 Å². The van der Waals surface area contributed by atoms with Crippen LogP contribution >= 0.6 is 23.4 Å². The summed E-state index contributed by atoms with van der Waals surface area (Å²) < 4.78 is 1.91. The van der Waals surface area contributed by atoms with Crippen molar-refractivity contribution in [1.82, 2.24) is 14.9 Å². The zero-order valence-electron chi connectivity index (χ0n) is 16.2. The first-order chi connectivity index (χ1) is 14.0. The Morgan fingerprint density at radius 2 is 2.03 bits per heavy atom. The van der Waals surface area contributed by atoms with E-state index < -0.39 is 5.25 Å². The van der Waals surface area contributed by atoms with E-state index in [1.54, 1.807) is 0 Å². The Morgan fingerprint density at radius 3 is 2.76 bits per heavy atom. The second-order valence-electron chi connectivity index (χ2n) is 7.04. The van der Waals surface area contributed by atoms with Gasteiger partial charge in [0.1, 0.15) is 5.25 Å². The highest BCUT2D eigenvalue weighted by Crippen LogP contribution is 2.38. The van der Waals surface area contributed by atoms with Gasteiger partial charge >= 0.3 is 0 Å². The number of hydrogen-bond acceptors (Lipinski definition) is 5. The molecule has 2 heterocycles. The summed E-state index contributed by atoms with van der Waals surface area (Å²) >= 11 is 7.50. The van der Waals surface area contributed by atoms with Gasteiger partial charge in [0.05, 0.1) is 6.04 Å². The maximum atomic E-state index is 13.2. The third kappa shape index (κ3) is 4.26. The number of rotatable bonds is 5. The second kappa shape index (κ2) is 8.47. The van der Waals surface area contributed by atoms with Crippen LogP contribution in [0.2, 0.25) is 5.02 Å². The number of thioether (sulfide) groups is 1. The monoisotopic (exact) mass is 427 g/mol. The summed E-state index contributed by atoms with van der Waals surface area (Å²) in [5.41, 5.74) is 6.32. The number of amides is 1. The van der Waals surface area contributed by atoms with Crippen LogP contribution in [-0.4, -0.2) is 26.0 Å². The average molecular weight is 428 g/mol. The molecule has 1 aliphatic rings. The molecule has 8 heteroatoms. The Labute approximate surface area is 179 Å². The summed E-state index contributed by atoms with van der Waals surface area (Å²) in [7, 11) is 0. The lowest BCUT2D eigenvalue weighted by Crippen LogP contribution is -2.41. The first kappa shape index (κ1) is 19.8. The van der Waals surface area contributed by atoms with Crippen molar-refractivity contribution in [2.75, 3.05) is 10.7 Å². The number of anilines is 1. The number of aromatic nitrogens is 3. The fourth-order valence-electron chi connectivity index (χ4n) is 3.34. The molecule has 1 aromatic heterocycles. The van der Waals surface area contributed by atoms with Gasteiger partial charge in [0, 0.05) is 17.1 Å². The molecule has 0 unspecified atom stereocenters. The number of carbonyl (C=O) groups is 1. The Hall–Kier alpha value is -2.51. The van der Waals surface area contributed by atoms with E-state index in [4.69, 9.17) is 11.6 Å². The van der Waals surface area contributed by atoms with Crippen molar-refractivity contribution in [2.45, 2.75) is 43.1 Å². The van der Waals surface area contributed by atoms with E-state index in [9.17, 15) is 4.79 Å². The highest BCUT2D eigenvalue weighted by molar-refractivity contribution is 8.00. The maximum absolute atomic E-state index is 13.2. The fraction of sp³-hybridized carbons (Fsp3) is 0.286. The molecular weight excluding hydrogens is 406 g/mol. The van der Waals surface area contributed by atoms with Gasteiger partial charge in [-0.1, -0.05) is 54.6 Å². The van der Waals surface area contributed by atoms with Gasteiger partial charge in [0.2, 0.25) is 11.1 Å². The van der Waals surface area contributed by atoms with Gasteiger partial charge in [-0.25, -0.2) is 4.68 Å². The lowest BCUT2D eigenvalue weighted by Gasteiger charge is -2.33. The molecule has 1 amide bonds.